The number of aryl methyl sites for hydroxylation is 1. The number of nitrogens with zero attached hydrogens (tertiary/aromatic N) is 5. The zero-order chi connectivity index (χ0) is 23.7. The normalized spacial score (nSPS) is 14.6. The van der Waals surface area contributed by atoms with Gasteiger partial charge in [0.05, 0.1) is 11.8 Å². The van der Waals surface area contributed by atoms with E-state index in [4.69, 9.17) is 0 Å². The van der Waals surface area contributed by atoms with Crippen LogP contribution in [0.4, 0.5) is 0 Å². The molecular formula is C25H26N6O3. The van der Waals surface area contributed by atoms with Crippen LogP contribution in [-0.2, 0) is 20.0 Å². The molecule has 5 rings (SSSR count). The van der Waals surface area contributed by atoms with Gasteiger partial charge in [-0.25, -0.2) is 9.50 Å². The topological polar surface area (TPSA) is 105 Å². The summed E-state index contributed by atoms with van der Waals surface area (Å²) in [6, 6.07) is 15.0. The number of hydrogen-bond donors (Lipinski definition) is 2. The highest BCUT2D eigenvalue weighted by Gasteiger charge is 2.19. The van der Waals surface area contributed by atoms with Crippen LogP contribution >= 0.6 is 0 Å². The van der Waals surface area contributed by atoms with Crippen molar-refractivity contribution in [2.75, 3.05) is 19.6 Å². The van der Waals surface area contributed by atoms with Crippen molar-refractivity contribution in [3.63, 3.8) is 0 Å². The Balaban J connectivity index is 1.20. The maximum Gasteiger partial charge on any atom is 0.271 e. The number of aliphatic hydroxyl groups is 1. The quantitative estimate of drug-likeness (QED) is 0.451. The molecule has 2 N–H and O–H groups in total. The fourth-order valence-corrected chi connectivity index (χ4v) is 4.23. The molecule has 1 aliphatic heterocycles. The van der Waals surface area contributed by atoms with Gasteiger partial charge < -0.3 is 15.0 Å². The minimum Gasteiger partial charge on any atom is -0.390 e. The monoisotopic (exact) mass is 458 g/mol. The van der Waals surface area contributed by atoms with E-state index in [0.717, 1.165) is 19.5 Å². The van der Waals surface area contributed by atoms with Crippen LogP contribution in [0.1, 0.15) is 21.6 Å². The van der Waals surface area contributed by atoms with Gasteiger partial charge in [0.1, 0.15) is 0 Å². The number of aliphatic hydroxyl groups excluding tert-OH is 1. The van der Waals surface area contributed by atoms with E-state index < -0.39 is 6.10 Å². The molecule has 4 heterocycles. The molecule has 9 nitrogen and oxygen atoms in total. The van der Waals surface area contributed by atoms with Crippen molar-refractivity contribution in [3.05, 3.63) is 88.1 Å². The third kappa shape index (κ3) is 4.61. The predicted octanol–water partition coefficient (Wildman–Crippen LogP) is 1.24. The summed E-state index contributed by atoms with van der Waals surface area (Å²) >= 11 is 0. The van der Waals surface area contributed by atoms with Crippen molar-refractivity contribution in [1.82, 2.24) is 29.4 Å². The van der Waals surface area contributed by atoms with Gasteiger partial charge in [-0.2, -0.15) is 5.10 Å². The van der Waals surface area contributed by atoms with Gasteiger partial charge in [0, 0.05) is 63.3 Å². The SMILES string of the molecule is Cn1ccc(-c2ccn3nc(C(=O)NC[C@H](O)CN4CCc5ccccc5C4)cc3n2)cc1=O. The number of aromatic nitrogens is 4. The standard InChI is InChI=1S/C25H26N6O3/c1-29-9-6-18(12-24(29)33)21-8-11-31-23(27-21)13-22(28-31)25(34)26-14-20(32)16-30-10-7-17-4-2-3-5-19(17)15-30/h2-6,8-9,11-13,20,32H,7,10,14-16H2,1H3,(H,26,34)/t20-/m0/s1. The lowest BCUT2D eigenvalue weighted by atomic mass is 10.00. The molecule has 0 spiro atoms. The van der Waals surface area contributed by atoms with Crippen LogP contribution in [0.25, 0.3) is 16.9 Å². The van der Waals surface area contributed by atoms with Gasteiger partial charge in [0.25, 0.3) is 11.5 Å². The third-order valence-corrected chi connectivity index (χ3v) is 6.13. The first-order chi connectivity index (χ1) is 16.5. The van der Waals surface area contributed by atoms with E-state index >= 15 is 0 Å². The molecule has 1 aliphatic rings. The van der Waals surface area contributed by atoms with Gasteiger partial charge in [-0.05, 0) is 29.7 Å². The average Bonchev–Trinajstić information content (AvgIpc) is 3.28. The summed E-state index contributed by atoms with van der Waals surface area (Å²) < 4.78 is 3.00. The second-order valence-corrected chi connectivity index (χ2v) is 8.63. The molecular weight excluding hydrogens is 432 g/mol. The Hall–Kier alpha value is -3.82. The molecule has 1 atom stereocenters. The number of rotatable bonds is 6. The Bertz CT molecular complexity index is 1410. The third-order valence-electron chi connectivity index (χ3n) is 6.13. The van der Waals surface area contributed by atoms with Crippen molar-refractivity contribution in [1.29, 1.82) is 0 Å². The number of amides is 1. The molecule has 0 radical (unpaired) electrons. The predicted molar refractivity (Wildman–Crippen MR) is 127 cm³/mol. The Labute approximate surface area is 196 Å². The highest BCUT2D eigenvalue weighted by molar-refractivity contribution is 5.93. The number of carbonyl (C=O) groups is 1. The summed E-state index contributed by atoms with van der Waals surface area (Å²) in [5.41, 5.74) is 4.55. The van der Waals surface area contributed by atoms with E-state index in [1.807, 2.05) is 12.1 Å². The minimum atomic E-state index is -0.684. The van der Waals surface area contributed by atoms with E-state index in [1.54, 1.807) is 31.6 Å². The maximum atomic E-state index is 12.6. The van der Waals surface area contributed by atoms with Crippen molar-refractivity contribution in [2.45, 2.75) is 19.1 Å². The van der Waals surface area contributed by atoms with Crippen molar-refractivity contribution in [2.24, 2.45) is 7.05 Å². The molecule has 9 heteroatoms. The second kappa shape index (κ2) is 9.20. The maximum absolute atomic E-state index is 12.6. The highest BCUT2D eigenvalue weighted by atomic mass is 16.3. The lowest BCUT2D eigenvalue weighted by Gasteiger charge is -2.30. The summed E-state index contributed by atoms with van der Waals surface area (Å²) in [6.07, 6.45) is 3.67. The Morgan fingerprint density at radius 2 is 1.97 bits per heavy atom. The zero-order valence-electron chi connectivity index (χ0n) is 18.9. The molecule has 4 aromatic rings. The number of benzene rings is 1. The van der Waals surface area contributed by atoms with Crippen LogP contribution in [0, 0.1) is 0 Å². The number of β-amino-alcohol motifs (C(OH)–C–C–N with tert-alkyl or cyclic N) is 1. The molecule has 1 aromatic carbocycles. The summed E-state index contributed by atoms with van der Waals surface area (Å²) in [5.74, 6) is -0.372. The van der Waals surface area contributed by atoms with Gasteiger partial charge in [0.2, 0.25) is 0 Å². The van der Waals surface area contributed by atoms with Crippen LogP contribution in [0.5, 0.6) is 0 Å². The fraction of sp³-hybridized carbons (Fsp3) is 0.280. The first-order valence-corrected chi connectivity index (χ1v) is 11.3. The van der Waals surface area contributed by atoms with E-state index in [9.17, 15) is 14.7 Å². The van der Waals surface area contributed by atoms with E-state index in [0.29, 0.717) is 23.4 Å². The molecule has 0 saturated heterocycles. The first kappa shape index (κ1) is 22.0. The molecule has 0 saturated carbocycles. The second-order valence-electron chi connectivity index (χ2n) is 8.63. The first-order valence-electron chi connectivity index (χ1n) is 11.3. The number of fused-ring (bicyclic) bond motifs is 2. The Morgan fingerprint density at radius 1 is 1.15 bits per heavy atom. The smallest absolute Gasteiger partial charge is 0.271 e. The van der Waals surface area contributed by atoms with Gasteiger partial charge in [-0.15, -0.1) is 0 Å². The van der Waals surface area contributed by atoms with Gasteiger partial charge >= 0.3 is 0 Å². The summed E-state index contributed by atoms with van der Waals surface area (Å²) in [6.45, 7) is 2.31. The molecule has 0 unspecified atom stereocenters. The Kier molecular flexibility index (Phi) is 5.95. The zero-order valence-corrected chi connectivity index (χ0v) is 18.9. The van der Waals surface area contributed by atoms with E-state index in [2.05, 4.69) is 38.5 Å². The molecule has 3 aromatic heterocycles. The lowest BCUT2D eigenvalue weighted by Crippen LogP contribution is -2.42. The average molecular weight is 459 g/mol. The van der Waals surface area contributed by atoms with E-state index in [-0.39, 0.29) is 23.7 Å². The lowest BCUT2D eigenvalue weighted by molar-refractivity contribution is 0.0838. The van der Waals surface area contributed by atoms with Crippen LogP contribution in [0.3, 0.4) is 0 Å². The largest absolute Gasteiger partial charge is 0.390 e. The van der Waals surface area contributed by atoms with Gasteiger partial charge in [0.15, 0.2) is 11.3 Å². The molecule has 0 aliphatic carbocycles. The molecule has 0 bridgehead atoms. The van der Waals surface area contributed by atoms with Crippen LogP contribution in [0.15, 0.2) is 65.7 Å². The Morgan fingerprint density at radius 3 is 2.79 bits per heavy atom. The number of hydrogen-bond acceptors (Lipinski definition) is 6. The van der Waals surface area contributed by atoms with Gasteiger partial charge in [-0.1, -0.05) is 24.3 Å². The van der Waals surface area contributed by atoms with Crippen LogP contribution in [-0.4, -0.2) is 60.8 Å². The summed E-state index contributed by atoms with van der Waals surface area (Å²) in [5, 5.41) is 17.5. The number of nitrogens with one attached hydrogen (secondary N) is 1. The van der Waals surface area contributed by atoms with Crippen molar-refractivity contribution >= 4 is 11.6 Å². The van der Waals surface area contributed by atoms with E-state index in [1.165, 1.54) is 26.3 Å². The minimum absolute atomic E-state index is 0.125. The van der Waals surface area contributed by atoms with Gasteiger partial charge in [-0.3, -0.25) is 14.5 Å². The number of pyridine rings is 1. The summed E-state index contributed by atoms with van der Waals surface area (Å²) in [4.78, 5) is 31.3. The summed E-state index contributed by atoms with van der Waals surface area (Å²) in [7, 11) is 1.69. The molecule has 0 fully saturated rings. The van der Waals surface area contributed by atoms with Crippen LogP contribution < -0.4 is 10.9 Å². The molecule has 1 amide bonds. The number of carbonyl (C=O) groups excluding carboxylic acids is 1. The van der Waals surface area contributed by atoms with Crippen LogP contribution in [0.2, 0.25) is 0 Å². The van der Waals surface area contributed by atoms with Crippen molar-refractivity contribution in [3.8, 4) is 11.3 Å². The molecule has 174 valence electrons. The fourth-order valence-electron chi connectivity index (χ4n) is 4.23. The molecule has 34 heavy (non-hydrogen) atoms. The highest BCUT2D eigenvalue weighted by Crippen LogP contribution is 2.19. The van der Waals surface area contributed by atoms with Crippen molar-refractivity contribution < 1.29 is 9.90 Å².